The number of benzene rings is 1. The Morgan fingerprint density at radius 2 is 2.05 bits per heavy atom. The molecule has 20 heavy (non-hydrogen) atoms. The van der Waals surface area contributed by atoms with Crippen LogP contribution in [-0.4, -0.2) is 38.4 Å². The molecule has 0 saturated heterocycles. The molecule has 0 bridgehead atoms. The third-order valence-corrected chi connectivity index (χ3v) is 3.17. The lowest BCUT2D eigenvalue weighted by molar-refractivity contribution is 0.0594. The molecule has 0 fully saturated rings. The van der Waals surface area contributed by atoms with Gasteiger partial charge in [-0.1, -0.05) is 15.9 Å². The number of rotatable bonds is 5. The van der Waals surface area contributed by atoms with Crippen LogP contribution in [0.4, 0.5) is 0 Å². The number of halogens is 1. The van der Waals surface area contributed by atoms with Crippen molar-refractivity contribution < 1.29 is 19.0 Å². The number of carbonyl (C=O) groups is 1. The largest absolute Gasteiger partial charge is 0.490 e. The van der Waals surface area contributed by atoms with Crippen LogP contribution in [0.2, 0.25) is 0 Å². The molecule has 0 N–H and O–H groups in total. The maximum Gasteiger partial charge on any atom is 0.356 e. The highest BCUT2D eigenvalue weighted by Crippen LogP contribution is 2.28. The van der Waals surface area contributed by atoms with Crippen molar-refractivity contribution in [3.63, 3.8) is 0 Å². The molecule has 0 aliphatic rings. The Morgan fingerprint density at radius 1 is 1.25 bits per heavy atom. The van der Waals surface area contributed by atoms with Gasteiger partial charge in [0, 0.05) is 23.0 Å². The first kappa shape index (κ1) is 14.7. The van der Waals surface area contributed by atoms with Gasteiger partial charge in [0.15, 0.2) is 5.69 Å². The lowest BCUT2D eigenvalue weighted by Gasteiger charge is -2.10. The molecule has 0 aliphatic heterocycles. The van der Waals surface area contributed by atoms with E-state index in [-0.39, 0.29) is 5.69 Å². The molecule has 6 heteroatoms. The van der Waals surface area contributed by atoms with Crippen molar-refractivity contribution in [3.8, 4) is 5.75 Å². The van der Waals surface area contributed by atoms with Crippen LogP contribution in [0.1, 0.15) is 10.5 Å². The zero-order valence-corrected chi connectivity index (χ0v) is 12.8. The predicted octanol–water partition coefficient (Wildman–Crippen LogP) is 2.81. The van der Waals surface area contributed by atoms with Gasteiger partial charge in [-0.25, -0.2) is 9.78 Å². The number of esters is 1. The number of carbonyl (C=O) groups excluding carboxylic acids is 1. The summed E-state index contributed by atoms with van der Waals surface area (Å²) in [5.41, 5.74) is 0.887. The molecule has 1 aromatic heterocycles. The lowest BCUT2D eigenvalue weighted by Crippen LogP contribution is -2.08. The van der Waals surface area contributed by atoms with Crippen molar-refractivity contribution >= 4 is 32.8 Å². The van der Waals surface area contributed by atoms with E-state index in [2.05, 4.69) is 20.9 Å². The van der Waals surface area contributed by atoms with Crippen molar-refractivity contribution in [2.24, 2.45) is 0 Å². The molecule has 1 aromatic carbocycles. The first-order valence-electron chi connectivity index (χ1n) is 5.96. The monoisotopic (exact) mass is 339 g/mol. The van der Waals surface area contributed by atoms with Gasteiger partial charge in [-0.15, -0.1) is 0 Å². The minimum absolute atomic E-state index is 0.217. The van der Waals surface area contributed by atoms with E-state index in [1.807, 2.05) is 18.2 Å². The number of ether oxygens (including phenoxy) is 3. The average Bonchev–Trinajstić information content (AvgIpc) is 2.46. The van der Waals surface area contributed by atoms with Crippen LogP contribution in [-0.2, 0) is 9.47 Å². The highest BCUT2D eigenvalue weighted by Gasteiger charge is 2.13. The summed E-state index contributed by atoms with van der Waals surface area (Å²) in [5.74, 6) is 0.0835. The molecular weight excluding hydrogens is 326 g/mol. The molecule has 0 atom stereocenters. The van der Waals surface area contributed by atoms with E-state index in [9.17, 15) is 4.79 Å². The Labute approximate surface area is 125 Å². The van der Waals surface area contributed by atoms with Crippen LogP contribution in [0.25, 0.3) is 10.9 Å². The summed E-state index contributed by atoms with van der Waals surface area (Å²) in [5, 5.41) is 0.822. The summed E-state index contributed by atoms with van der Waals surface area (Å²) in [4.78, 5) is 15.9. The van der Waals surface area contributed by atoms with E-state index in [0.29, 0.717) is 24.5 Å². The van der Waals surface area contributed by atoms with Crippen LogP contribution in [0, 0.1) is 0 Å². The van der Waals surface area contributed by atoms with E-state index >= 15 is 0 Å². The first-order valence-corrected chi connectivity index (χ1v) is 6.75. The second-order valence-corrected chi connectivity index (χ2v) is 4.92. The minimum Gasteiger partial charge on any atom is -0.490 e. The maximum absolute atomic E-state index is 11.6. The molecular formula is C14H14BrNO4. The molecule has 0 saturated carbocycles. The molecule has 0 spiro atoms. The number of fused-ring (bicyclic) bond motifs is 1. The summed E-state index contributed by atoms with van der Waals surface area (Å²) >= 11 is 3.41. The standard InChI is InChI=1S/C14H14BrNO4/c1-18-5-6-20-13-8-12(14(17)19-2)16-11-4-3-9(15)7-10(11)13/h3-4,7-8H,5-6H2,1-2H3. The van der Waals surface area contributed by atoms with Gasteiger partial charge in [0.05, 0.1) is 19.2 Å². The Balaban J connectivity index is 2.48. The summed E-state index contributed by atoms with van der Waals surface area (Å²) in [6.07, 6.45) is 0. The molecule has 0 radical (unpaired) electrons. The van der Waals surface area contributed by atoms with E-state index in [4.69, 9.17) is 14.2 Å². The van der Waals surface area contributed by atoms with Crippen molar-refractivity contribution in [2.75, 3.05) is 27.4 Å². The Hall–Kier alpha value is -1.66. The van der Waals surface area contributed by atoms with Gasteiger partial charge in [0.25, 0.3) is 0 Å². The third kappa shape index (κ3) is 3.26. The SMILES string of the molecule is COCCOc1cc(C(=O)OC)nc2ccc(Br)cc12. The summed E-state index contributed by atoms with van der Waals surface area (Å²) < 4.78 is 16.2. The predicted molar refractivity (Wildman–Crippen MR) is 78.2 cm³/mol. The normalized spacial score (nSPS) is 10.6. The summed E-state index contributed by atoms with van der Waals surface area (Å²) in [7, 11) is 2.92. The van der Waals surface area contributed by atoms with Crippen molar-refractivity contribution in [3.05, 3.63) is 34.4 Å². The Morgan fingerprint density at radius 3 is 2.75 bits per heavy atom. The zero-order valence-electron chi connectivity index (χ0n) is 11.2. The quantitative estimate of drug-likeness (QED) is 0.619. The number of nitrogens with zero attached hydrogens (tertiary/aromatic N) is 1. The lowest BCUT2D eigenvalue weighted by atomic mass is 10.2. The molecule has 0 unspecified atom stereocenters. The van der Waals surface area contributed by atoms with Gasteiger partial charge in [0.2, 0.25) is 0 Å². The van der Waals surface area contributed by atoms with Crippen LogP contribution < -0.4 is 4.74 Å². The zero-order chi connectivity index (χ0) is 14.5. The maximum atomic E-state index is 11.6. The number of methoxy groups -OCH3 is 2. The third-order valence-electron chi connectivity index (χ3n) is 2.67. The van der Waals surface area contributed by atoms with Gasteiger partial charge in [-0.2, -0.15) is 0 Å². The van der Waals surface area contributed by atoms with Gasteiger partial charge < -0.3 is 14.2 Å². The number of hydrogen-bond donors (Lipinski definition) is 0. The highest BCUT2D eigenvalue weighted by molar-refractivity contribution is 9.10. The average molecular weight is 340 g/mol. The topological polar surface area (TPSA) is 57.7 Å². The van der Waals surface area contributed by atoms with Gasteiger partial charge >= 0.3 is 5.97 Å². The summed E-state index contributed by atoms with van der Waals surface area (Å²) in [6, 6.07) is 7.14. The molecule has 0 aliphatic carbocycles. The van der Waals surface area contributed by atoms with Crippen LogP contribution in [0.3, 0.4) is 0 Å². The number of pyridine rings is 1. The second-order valence-electron chi connectivity index (χ2n) is 4.00. The van der Waals surface area contributed by atoms with E-state index in [1.165, 1.54) is 7.11 Å². The Kier molecular flexibility index (Phi) is 4.92. The number of hydrogen-bond acceptors (Lipinski definition) is 5. The van der Waals surface area contributed by atoms with Crippen molar-refractivity contribution in [1.29, 1.82) is 0 Å². The second kappa shape index (κ2) is 6.67. The fraction of sp³-hybridized carbons (Fsp3) is 0.286. The number of aromatic nitrogens is 1. The van der Waals surface area contributed by atoms with Crippen molar-refractivity contribution in [2.45, 2.75) is 0 Å². The molecule has 0 amide bonds. The van der Waals surface area contributed by atoms with Crippen LogP contribution in [0.15, 0.2) is 28.7 Å². The molecule has 2 aromatic rings. The summed E-state index contributed by atoms with van der Waals surface area (Å²) in [6.45, 7) is 0.855. The first-order chi connectivity index (χ1) is 9.65. The van der Waals surface area contributed by atoms with E-state index in [1.54, 1.807) is 13.2 Å². The molecule has 1 heterocycles. The highest BCUT2D eigenvalue weighted by atomic mass is 79.9. The van der Waals surface area contributed by atoms with Gasteiger partial charge in [-0.05, 0) is 18.2 Å². The fourth-order valence-electron chi connectivity index (χ4n) is 1.73. The Bertz CT molecular complexity index is 630. The molecule has 5 nitrogen and oxygen atoms in total. The van der Waals surface area contributed by atoms with Gasteiger partial charge in [0.1, 0.15) is 12.4 Å². The molecule has 106 valence electrons. The minimum atomic E-state index is -0.494. The van der Waals surface area contributed by atoms with E-state index < -0.39 is 5.97 Å². The van der Waals surface area contributed by atoms with Crippen LogP contribution >= 0.6 is 15.9 Å². The molecule has 2 rings (SSSR count). The van der Waals surface area contributed by atoms with Gasteiger partial charge in [-0.3, -0.25) is 0 Å². The smallest absolute Gasteiger partial charge is 0.356 e. The van der Waals surface area contributed by atoms with E-state index in [0.717, 1.165) is 9.86 Å². The van der Waals surface area contributed by atoms with Crippen LogP contribution in [0.5, 0.6) is 5.75 Å². The fourth-order valence-corrected chi connectivity index (χ4v) is 2.09. The van der Waals surface area contributed by atoms with Crippen molar-refractivity contribution in [1.82, 2.24) is 4.98 Å².